The van der Waals surface area contributed by atoms with Gasteiger partial charge in [-0.15, -0.1) is 5.10 Å². The maximum atomic E-state index is 10.6. The van der Waals surface area contributed by atoms with Gasteiger partial charge in [0.25, 0.3) is 0 Å². The highest BCUT2D eigenvalue weighted by atomic mass is 32.2. The molecule has 0 unspecified atom stereocenters. The molecule has 0 aliphatic heterocycles. The average molecular weight is 411 g/mol. The van der Waals surface area contributed by atoms with Crippen molar-refractivity contribution in [1.29, 1.82) is 0 Å². The van der Waals surface area contributed by atoms with E-state index in [-0.39, 0.29) is 5.75 Å². The van der Waals surface area contributed by atoms with Crippen LogP contribution in [0.5, 0.6) is 5.75 Å². The predicted molar refractivity (Wildman–Crippen MR) is 113 cm³/mol. The van der Waals surface area contributed by atoms with E-state index >= 15 is 0 Å². The summed E-state index contributed by atoms with van der Waals surface area (Å²) in [6.45, 7) is 4.00. The largest absolute Gasteiger partial charge is 0.497 e. The van der Waals surface area contributed by atoms with E-state index in [1.807, 2.05) is 56.3 Å². The Kier molecular flexibility index (Phi) is 6.56. The second-order valence-electron chi connectivity index (χ2n) is 5.74. The van der Waals surface area contributed by atoms with Crippen LogP contribution in [0.25, 0.3) is 33.7 Å². The van der Waals surface area contributed by atoms with Gasteiger partial charge >= 0.3 is 5.97 Å². The summed E-state index contributed by atoms with van der Waals surface area (Å²) in [5.74, 6) is 1.51. The molecular formula is C21H21N3O4S. The maximum Gasteiger partial charge on any atom is 0.313 e. The van der Waals surface area contributed by atoms with Crippen molar-refractivity contribution < 1.29 is 19.1 Å². The molecule has 150 valence electrons. The van der Waals surface area contributed by atoms with Gasteiger partial charge in [-0.2, -0.15) is 4.98 Å². The zero-order chi connectivity index (χ0) is 20.8. The normalized spacial score (nSPS) is 10.4. The number of rotatable bonds is 6. The van der Waals surface area contributed by atoms with Gasteiger partial charge in [0.1, 0.15) is 11.5 Å². The Morgan fingerprint density at radius 3 is 2.59 bits per heavy atom. The smallest absolute Gasteiger partial charge is 0.313 e. The first-order chi connectivity index (χ1) is 14.1. The summed E-state index contributed by atoms with van der Waals surface area (Å²) in [5, 5.41) is 18.0. The molecule has 0 fully saturated rings. The molecule has 2 N–H and O–H groups in total. The van der Waals surface area contributed by atoms with Gasteiger partial charge in [0, 0.05) is 5.56 Å². The zero-order valence-electron chi connectivity index (χ0n) is 16.3. The van der Waals surface area contributed by atoms with Crippen LogP contribution in [0, 0.1) is 0 Å². The molecule has 0 spiro atoms. The fraction of sp³-hybridized carbons (Fsp3) is 0.190. The minimum Gasteiger partial charge on any atom is -0.497 e. The number of carboxylic acids is 1. The van der Waals surface area contributed by atoms with Crippen LogP contribution < -0.4 is 4.74 Å². The SMILES string of the molecule is CC.COc1ccc2cc(-c3ccc(-c4nc(SCC(=O)O)n[nH]4)o3)ccc2c1. The maximum absolute atomic E-state index is 10.6. The summed E-state index contributed by atoms with van der Waals surface area (Å²) in [5.41, 5.74) is 0.943. The first-order valence-corrected chi connectivity index (χ1v) is 10.1. The average Bonchev–Trinajstić information content (AvgIpc) is 3.42. The number of nitrogens with one attached hydrogen (secondary N) is 1. The Balaban J connectivity index is 0.00000117. The number of benzene rings is 2. The van der Waals surface area contributed by atoms with Gasteiger partial charge in [-0.05, 0) is 41.1 Å². The summed E-state index contributed by atoms with van der Waals surface area (Å²) in [4.78, 5) is 14.9. The van der Waals surface area contributed by atoms with Crippen LogP contribution in [0.4, 0.5) is 0 Å². The Morgan fingerprint density at radius 1 is 1.10 bits per heavy atom. The van der Waals surface area contributed by atoms with E-state index in [0.717, 1.165) is 33.8 Å². The third kappa shape index (κ3) is 4.78. The number of nitrogens with zero attached hydrogens (tertiary/aromatic N) is 2. The number of fused-ring (bicyclic) bond motifs is 1. The fourth-order valence-corrected chi connectivity index (χ4v) is 3.19. The monoisotopic (exact) mass is 411 g/mol. The summed E-state index contributed by atoms with van der Waals surface area (Å²) in [7, 11) is 1.65. The van der Waals surface area contributed by atoms with Gasteiger partial charge in [0.2, 0.25) is 5.16 Å². The Morgan fingerprint density at radius 2 is 1.83 bits per heavy atom. The van der Waals surface area contributed by atoms with E-state index in [1.165, 1.54) is 0 Å². The Bertz CT molecular complexity index is 1120. The topological polar surface area (TPSA) is 101 Å². The van der Waals surface area contributed by atoms with E-state index in [0.29, 0.717) is 22.5 Å². The third-order valence-corrected chi connectivity index (χ3v) is 4.79. The quantitative estimate of drug-likeness (QED) is 0.426. The zero-order valence-corrected chi connectivity index (χ0v) is 17.1. The molecule has 2 aromatic heterocycles. The highest BCUT2D eigenvalue weighted by Crippen LogP contribution is 2.30. The summed E-state index contributed by atoms with van der Waals surface area (Å²) in [6.07, 6.45) is 0. The van der Waals surface area contributed by atoms with Gasteiger partial charge in [-0.3, -0.25) is 9.89 Å². The molecular weight excluding hydrogens is 390 g/mol. The first kappa shape index (κ1) is 20.5. The second-order valence-corrected chi connectivity index (χ2v) is 6.68. The molecule has 0 saturated carbocycles. The van der Waals surface area contributed by atoms with Gasteiger partial charge in [0.15, 0.2) is 11.6 Å². The predicted octanol–water partition coefficient (Wildman–Crippen LogP) is 5.10. The minimum atomic E-state index is -0.916. The molecule has 0 radical (unpaired) electrons. The Hall–Kier alpha value is -3.26. The van der Waals surface area contributed by atoms with Crippen LogP contribution in [0.1, 0.15) is 13.8 Å². The van der Waals surface area contributed by atoms with Gasteiger partial charge in [0.05, 0.1) is 12.9 Å². The van der Waals surface area contributed by atoms with E-state index in [4.69, 9.17) is 14.3 Å². The number of carbonyl (C=O) groups is 1. The molecule has 0 amide bonds. The lowest BCUT2D eigenvalue weighted by atomic mass is 10.1. The minimum absolute atomic E-state index is 0.0947. The van der Waals surface area contributed by atoms with E-state index < -0.39 is 5.97 Å². The number of hydrogen-bond donors (Lipinski definition) is 2. The number of aliphatic carboxylic acids is 1. The van der Waals surface area contributed by atoms with Crippen molar-refractivity contribution in [3.05, 3.63) is 48.5 Å². The molecule has 29 heavy (non-hydrogen) atoms. The first-order valence-electron chi connectivity index (χ1n) is 9.08. The lowest BCUT2D eigenvalue weighted by molar-refractivity contribution is -0.133. The van der Waals surface area contributed by atoms with Crippen molar-refractivity contribution in [2.45, 2.75) is 19.0 Å². The van der Waals surface area contributed by atoms with Crippen LogP contribution in [-0.2, 0) is 4.79 Å². The number of furan rings is 1. The van der Waals surface area contributed by atoms with Gasteiger partial charge in [-0.1, -0.05) is 43.8 Å². The van der Waals surface area contributed by atoms with Crippen molar-refractivity contribution in [3.63, 3.8) is 0 Å². The van der Waals surface area contributed by atoms with E-state index in [1.54, 1.807) is 13.2 Å². The van der Waals surface area contributed by atoms with Gasteiger partial charge in [-0.25, -0.2) is 0 Å². The lowest BCUT2D eigenvalue weighted by Gasteiger charge is -2.04. The summed E-state index contributed by atoms with van der Waals surface area (Å²) >= 11 is 1.05. The molecule has 0 atom stereocenters. The van der Waals surface area contributed by atoms with Crippen LogP contribution in [0.2, 0.25) is 0 Å². The van der Waals surface area contributed by atoms with Crippen LogP contribution in [0.15, 0.2) is 58.1 Å². The molecule has 4 rings (SSSR count). The number of aromatic nitrogens is 3. The van der Waals surface area contributed by atoms with Crippen molar-refractivity contribution in [2.24, 2.45) is 0 Å². The molecule has 7 nitrogen and oxygen atoms in total. The number of ether oxygens (including phenoxy) is 1. The van der Waals surface area contributed by atoms with E-state index in [2.05, 4.69) is 15.2 Å². The molecule has 8 heteroatoms. The number of methoxy groups -OCH3 is 1. The molecule has 0 saturated heterocycles. The highest BCUT2D eigenvalue weighted by Gasteiger charge is 2.13. The summed E-state index contributed by atoms with van der Waals surface area (Å²) in [6, 6.07) is 15.6. The third-order valence-electron chi connectivity index (χ3n) is 3.96. The molecule has 4 aromatic rings. The van der Waals surface area contributed by atoms with Crippen molar-refractivity contribution in [2.75, 3.05) is 12.9 Å². The van der Waals surface area contributed by atoms with Crippen molar-refractivity contribution in [3.8, 4) is 28.7 Å². The summed E-state index contributed by atoms with van der Waals surface area (Å²) < 4.78 is 11.2. The lowest BCUT2D eigenvalue weighted by Crippen LogP contribution is -1.97. The number of aromatic amines is 1. The van der Waals surface area contributed by atoms with Crippen molar-refractivity contribution >= 4 is 28.5 Å². The second kappa shape index (κ2) is 9.29. The van der Waals surface area contributed by atoms with Crippen LogP contribution in [0.3, 0.4) is 0 Å². The van der Waals surface area contributed by atoms with Crippen LogP contribution in [-0.4, -0.2) is 39.1 Å². The number of H-pyrrole nitrogens is 1. The molecule has 2 heterocycles. The van der Waals surface area contributed by atoms with Crippen LogP contribution >= 0.6 is 11.8 Å². The molecule has 2 aromatic carbocycles. The number of thioether (sulfide) groups is 1. The van der Waals surface area contributed by atoms with Gasteiger partial charge < -0.3 is 14.3 Å². The number of carboxylic acid groups (broad SMARTS) is 1. The Labute approximate surface area is 172 Å². The molecule has 0 bridgehead atoms. The standard InChI is InChI=1S/C19H15N3O4S.C2H6/c1-25-14-5-4-11-8-13(3-2-12(11)9-14)15-6-7-16(26-15)18-20-19(22-21-18)27-10-17(23)24;1-2/h2-9H,10H2,1H3,(H,23,24)(H,20,21,22);1-2H3. The molecule has 0 aliphatic carbocycles. The highest BCUT2D eigenvalue weighted by molar-refractivity contribution is 7.99. The fourth-order valence-electron chi connectivity index (χ4n) is 2.67. The van der Waals surface area contributed by atoms with Crippen molar-refractivity contribution in [1.82, 2.24) is 15.2 Å². The number of hydrogen-bond acceptors (Lipinski definition) is 6. The molecule has 0 aliphatic rings. The van der Waals surface area contributed by atoms with E-state index in [9.17, 15) is 4.79 Å².